The number of nitrogens with zero attached hydrogens (tertiary/aromatic N) is 5. The number of aromatic nitrogens is 5. The summed E-state index contributed by atoms with van der Waals surface area (Å²) < 4.78 is 3.34. The zero-order valence-corrected chi connectivity index (χ0v) is 19.5. The third-order valence-electron chi connectivity index (χ3n) is 5.82. The molecule has 9 heteroatoms. The second kappa shape index (κ2) is 8.86. The Labute approximate surface area is 201 Å². The van der Waals surface area contributed by atoms with Crippen LogP contribution in [0.5, 0.6) is 0 Å². The Balaban J connectivity index is 1.39. The van der Waals surface area contributed by atoms with Crippen LogP contribution in [-0.2, 0) is 14.1 Å². The van der Waals surface area contributed by atoms with Gasteiger partial charge in [0.1, 0.15) is 0 Å². The molecule has 0 saturated carbocycles. The summed E-state index contributed by atoms with van der Waals surface area (Å²) in [5, 5.41) is 14.9. The largest absolute Gasteiger partial charge is 0.322 e. The van der Waals surface area contributed by atoms with Gasteiger partial charge in [0, 0.05) is 48.3 Å². The molecule has 3 heterocycles. The molecule has 0 aliphatic carbocycles. The van der Waals surface area contributed by atoms with Crippen molar-refractivity contribution in [3.05, 3.63) is 90.0 Å². The average Bonchev–Trinajstić information content (AvgIpc) is 3.44. The molecule has 0 fully saturated rings. The van der Waals surface area contributed by atoms with Gasteiger partial charge in [0.15, 0.2) is 5.69 Å². The van der Waals surface area contributed by atoms with Crippen LogP contribution in [0, 0.1) is 6.92 Å². The molecule has 3 aromatic heterocycles. The van der Waals surface area contributed by atoms with E-state index in [-0.39, 0.29) is 11.8 Å². The van der Waals surface area contributed by atoms with Gasteiger partial charge in [0.2, 0.25) is 0 Å². The molecule has 0 aliphatic heterocycles. The average molecular weight is 466 g/mol. The third-order valence-corrected chi connectivity index (χ3v) is 5.82. The van der Waals surface area contributed by atoms with Gasteiger partial charge in [-0.2, -0.15) is 10.2 Å². The van der Waals surface area contributed by atoms with Crippen molar-refractivity contribution < 1.29 is 9.59 Å². The molecule has 5 rings (SSSR count). The quantitative estimate of drug-likeness (QED) is 0.405. The molecule has 5 aromatic rings. The number of hydrogen-bond donors (Lipinski definition) is 2. The molecule has 9 nitrogen and oxygen atoms in total. The molecule has 35 heavy (non-hydrogen) atoms. The molecule has 0 unspecified atom stereocenters. The minimum atomic E-state index is -0.302. The van der Waals surface area contributed by atoms with E-state index in [1.165, 1.54) is 0 Å². The van der Waals surface area contributed by atoms with Crippen molar-refractivity contribution in [1.29, 1.82) is 0 Å². The van der Waals surface area contributed by atoms with E-state index in [4.69, 9.17) is 4.98 Å². The van der Waals surface area contributed by atoms with Crippen LogP contribution in [0.4, 0.5) is 11.4 Å². The van der Waals surface area contributed by atoms with Crippen molar-refractivity contribution >= 4 is 34.1 Å². The van der Waals surface area contributed by atoms with Crippen molar-refractivity contribution in [2.75, 3.05) is 10.6 Å². The summed E-state index contributed by atoms with van der Waals surface area (Å²) in [5.41, 5.74) is 5.30. The lowest BCUT2D eigenvalue weighted by molar-refractivity contribution is 0.101. The minimum absolute atomic E-state index is 0.253. The van der Waals surface area contributed by atoms with E-state index in [1.807, 2.05) is 38.2 Å². The highest BCUT2D eigenvalue weighted by Crippen LogP contribution is 2.27. The molecule has 0 radical (unpaired) electrons. The highest BCUT2D eigenvalue weighted by atomic mass is 16.2. The van der Waals surface area contributed by atoms with Gasteiger partial charge in [-0.15, -0.1) is 0 Å². The monoisotopic (exact) mass is 465 g/mol. The fourth-order valence-electron chi connectivity index (χ4n) is 3.82. The molecule has 0 saturated heterocycles. The first kappa shape index (κ1) is 22.0. The predicted molar refractivity (Wildman–Crippen MR) is 134 cm³/mol. The molecule has 2 amide bonds. The number of carbonyl (C=O) groups excluding carboxylic acids is 2. The van der Waals surface area contributed by atoms with E-state index in [0.29, 0.717) is 28.3 Å². The molecular formula is C26H23N7O2. The number of amides is 2. The van der Waals surface area contributed by atoms with Crippen LogP contribution in [0.25, 0.3) is 22.2 Å². The number of para-hydroxylation sites is 1. The van der Waals surface area contributed by atoms with Gasteiger partial charge in [-0.3, -0.25) is 19.0 Å². The lowest BCUT2D eigenvalue weighted by Crippen LogP contribution is -2.14. The first-order valence-electron chi connectivity index (χ1n) is 11.0. The van der Waals surface area contributed by atoms with Crippen LogP contribution in [0.2, 0.25) is 0 Å². The summed E-state index contributed by atoms with van der Waals surface area (Å²) in [5.74, 6) is -0.555. The maximum absolute atomic E-state index is 13.3. The SMILES string of the molecule is Cc1c(-c2cc(C(=O)Nc3ccc(NC(=O)c4ccn(C)n4)cc3)c3ccccc3n2)cnn1C. The van der Waals surface area contributed by atoms with E-state index in [2.05, 4.69) is 20.8 Å². The van der Waals surface area contributed by atoms with E-state index in [9.17, 15) is 9.59 Å². The number of carbonyl (C=O) groups is 2. The lowest BCUT2D eigenvalue weighted by Gasteiger charge is -2.11. The van der Waals surface area contributed by atoms with Crippen molar-refractivity contribution in [1.82, 2.24) is 24.5 Å². The Bertz CT molecular complexity index is 1560. The van der Waals surface area contributed by atoms with Gasteiger partial charge in [0.05, 0.1) is 23.0 Å². The van der Waals surface area contributed by atoms with Gasteiger partial charge >= 0.3 is 0 Å². The Morgan fingerprint density at radius 1 is 0.886 bits per heavy atom. The normalized spacial score (nSPS) is 10.9. The first-order chi connectivity index (χ1) is 16.9. The van der Waals surface area contributed by atoms with Crippen LogP contribution < -0.4 is 10.6 Å². The molecule has 2 N–H and O–H groups in total. The summed E-state index contributed by atoms with van der Waals surface area (Å²) >= 11 is 0. The summed E-state index contributed by atoms with van der Waals surface area (Å²) in [7, 11) is 3.62. The molecule has 0 atom stereocenters. The van der Waals surface area contributed by atoms with Gasteiger partial charge in [-0.25, -0.2) is 4.98 Å². The number of nitrogens with one attached hydrogen (secondary N) is 2. The number of hydrogen-bond acceptors (Lipinski definition) is 5. The van der Waals surface area contributed by atoms with E-state index >= 15 is 0 Å². The molecule has 0 bridgehead atoms. The molecule has 0 aliphatic rings. The fourth-order valence-corrected chi connectivity index (χ4v) is 3.82. The maximum atomic E-state index is 13.3. The fraction of sp³-hybridized carbons (Fsp3) is 0.115. The van der Waals surface area contributed by atoms with Crippen LogP contribution >= 0.6 is 0 Å². The highest BCUT2D eigenvalue weighted by Gasteiger charge is 2.17. The number of anilines is 2. The third kappa shape index (κ3) is 4.39. The Morgan fingerprint density at radius 2 is 1.57 bits per heavy atom. The summed E-state index contributed by atoms with van der Waals surface area (Å²) in [6.45, 7) is 1.97. The predicted octanol–water partition coefficient (Wildman–Crippen LogP) is 4.18. The van der Waals surface area contributed by atoms with Gasteiger partial charge in [-0.1, -0.05) is 18.2 Å². The van der Waals surface area contributed by atoms with Crippen molar-refractivity contribution in [3.63, 3.8) is 0 Å². The molecule has 0 spiro atoms. The second-order valence-corrected chi connectivity index (χ2v) is 8.20. The van der Waals surface area contributed by atoms with Crippen LogP contribution in [0.1, 0.15) is 26.5 Å². The first-order valence-corrected chi connectivity index (χ1v) is 11.0. The van der Waals surface area contributed by atoms with Gasteiger partial charge in [-0.05, 0) is 49.4 Å². The van der Waals surface area contributed by atoms with E-state index < -0.39 is 0 Å². The number of benzene rings is 2. The standard InChI is InChI=1S/C26H23N7O2/c1-16-21(15-27-33(16)3)24-14-20(19-6-4-5-7-22(19)30-24)25(34)28-17-8-10-18(11-9-17)29-26(35)23-12-13-32(2)31-23/h4-15H,1-3H3,(H,28,34)(H,29,35). The lowest BCUT2D eigenvalue weighted by atomic mass is 10.0. The number of fused-ring (bicyclic) bond motifs is 1. The Morgan fingerprint density at radius 3 is 2.20 bits per heavy atom. The van der Waals surface area contributed by atoms with Crippen molar-refractivity contribution in [3.8, 4) is 11.3 Å². The van der Waals surface area contributed by atoms with Crippen molar-refractivity contribution in [2.45, 2.75) is 6.92 Å². The zero-order valence-electron chi connectivity index (χ0n) is 19.5. The Kier molecular flexibility index (Phi) is 5.58. The van der Waals surface area contributed by atoms with Crippen LogP contribution in [-0.4, -0.2) is 36.4 Å². The summed E-state index contributed by atoms with van der Waals surface area (Å²) in [4.78, 5) is 30.4. The number of pyridine rings is 1. The minimum Gasteiger partial charge on any atom is -0.322 e. The van der Waals surface area contributed by atoms with E-state index in [1.54, 1.807) is 65.2 Å². The topological polar surface area (TPSA) is 107 Å². The molecule has 174 valence electrons. The summed E-state index contributed by atoms with van der Waals surface area (Å²) in [6, 6.07) is 17.9. The van der Waals surface area contributed by atoms with E-state index in [0.717, 1.165) is 22.2 Å². The maximum Gasteiger partial charge on any atom is 0.276 e. The molecular weight excluding hydrogens is 442 g/mol. The van der Waals surface area contributed by atoms with Gasteiger partial charge < -0.3 is 10.6 Å². The Hall–Kier alpha value is -4.79. The molecule has 2 aromatic carbocycles. The number of aryl methyl sites for hydroxylation is 2. The van der Waals surface area contributed by atoms with Crippen molar-refractivity contribution in [2.24, 2.45) is 14.1 Å². The van der Waals surface area contributed by atoms with Gasteiger partial charge in [0.25, 0.3) is 11.8 Å². The summed E-state index contributed by atoms with van der Waals surface area (Å²) in [6.07, 6.45) is 3.46. The zero-order chi connectivity index (χ0) is 24.5. The second-order valence-electron chi connectivity index (χ2n) is 8.20. The highest BCUT2D eigenvalue weighted by molar-refractivity contribution is 6.13. The van der Waals surface area contributed by atoms with Crippen LogP contribution in [0.3, 0.4) is 0 Å². The number of rotatable bonds is 5. The van der Waals surface area contributed by atoms with Crippen LogP contribution in [0.15, 0.2) is 73.1 Å². The smallest absolute Gasteiger partial charge is 0.276 e.